The summed E-state index contributed by atoms with van der Waals surface area (Å²) in [6, 6.07) is -0.951. The van der Waals surface area contributed by atoms with Gasteiger partial charge >= 0.3 is 0 Å². The first kappa shape index (κ1) is 82.7. The molecule has 12 unspecified atom stereocenters. The fourth-order valence-corrected chi connectivity index (χ4v) is 10.4. The molecule has 516 valence electrons. The Hall–Kier alpha value is -4.39. The van der Waals surface area contributed by atoms with Crippen LogP contribution in [0.15, 0.2) is 158 Å². The number of unbranched alkanes of at least 4 members (excludes halogenated alkanes) is 18. The van der Waals surface area contributed by atoms with Crippen molar-refractivity contribution in [1.29, 1.82) is 0 Å². The van der Waals surface area contributed by atoms with Crippen molar-refractivity contribution >= 4 is 5.91 Å². The number of aliphatic hydroxyl groups excluding tert-OH is 8. The molecule has 12 atom stereocenters. The van der Waals surface area contributed by atoms with E-state index in [2.05, 4.69) is 165 Å². The molecule has 2 heterocycles. The van der Waals surface area contributed by atoms with Gasteiger partial charge in [0.25, 0.3) is 0 Å². The quantitative estimate of drug-likeness (QED) is 0.0204. The Morgan fingerprint density at radius 1 is 0.407 bits per heavy atom. The second-order valence-corrected chi connectivity index (χ2v) is 23.9. The van der Waals surface area contributed by atoms with Crippen molar-refractivity contribution in [2.75, 3.05) is 19.8 Å². The first-order chi connectivity index (χ1) is 44.6. The van der Waals surface area contributed by atoms with E-state index < -0.39 is 86.8 Å². The first-order valence-corrected chi connectivity index (χ1v) is 35.2. The lowest BCUT2D eigenvalue weighted by Crippen LogP contribution is -2.65. The van der Waals surface area contributed by atoms with Crippen molar-refractivity contribution in [3.63, 3.8) is 0 Å². The van der Waals surface area contributed by atoms with Crippen LogP contribution in [-0.4, -0.2) is 140 Å². The van der Waals surface area contributed by atoms with Crippen molar-refractivity contribution in [3.05, 3.63) is 158 Å². The van der Waals surface area contributed by atoms with Crippen LogP contribution in [0.5, 0.6) is 0 Å². The SMILES string of the molecule is CC/C=C\C/C=C\C/C=C\C/C=C\C/C=C\C/C=C\C/C=C\C/C=C\C/C=C\C/C=C\CCCCCCCCCCCCC(=O)NC(COC1OC(CO)C(OC2OC(CO)C(O)C(O)C2O)C(O)C1O)C(O)/C=C/CC/C=C/CC/C=C/CCCCCCCC. The molecule has 0 bridgehead atoms. The number of hydrogen-bond donors (Lipinski definition) is 9. The predicted octanol–water partition coefficient (Wildman–Crippen LogP) is 14.6. The van der Waals surface area contributed by atoms with Gasteiger partial charge in [-0.2, -0.15) is 0 Å². The molecule has 2 saturated heterocycles. The van der Waals surface area contributed by atoms with Crippen LogP contribution in [0, 0.1) is 0 Å². The maximum Gasteiger partial charge on any atom is 0.220 e. The predicted molar refractivity (Wildman–Crippen MR) is 373 cm³/mol. The molecule has 1 amide bonds. The van der Waals surface area contributed by atoms with E-state index in [1.165, 1.54) is 77.0 Å². The van der Waals surface area contributed by atoms with E-state index in [4.69, 9.17) is 18.9 Å². The molecular formula is C77H125NO13. The van der Waals surface area contributed by atoms with Crippen LogP contribution in [0.4, 0.5) is 0 Å². The van der Waals surface area contributed by atoms with Gasteiger partial charge in [-0.25, -0.2) is 0 Å². The number of rotatable bonds is 55. The molecule has 0 radical (unpaired) electrons. The topological polar surface area (TPSA) is 228 Å². The minimum Gasteiger partial charge on any atom is -0.394 e. The van der Waals surface area contributed by atoms with Crippen molar-refractivity contribution < 1.29 is 64.6 Å². The van der Waals surface area contributed by atoms with Crippen LogP contribution in [0.3, 0.4) is 0 Å². The van der Waals surface area contributed by atoms with E-state index in [-0.39, 0.29) is 18.9 Å². The molecule has 0 spiro atoms. The summed E-state index contributed by atoms with van der Waals surface area (Å²) in [5.41, 5.74) is 0. The van der Waals surface area contributed by atoms with Gasteiger partial charge in [0, 0.05) is 6.42 Å². The van der Waals surface area contributed by atoms with E-state index in [1.54, 1.807) is 6.08 Å². The molecule has 2 aliphatic heterocycles. The molecule has 0 aromatic carbocycles. The Kier molecular flexibility index (Phi) is 53.9. The number of allylic oxidation sites excluding steroid dienone is 25. The highest BCUT2D eigenvalue weighted by Crippen LogP contribution is 2.30. The van der Waals surface area contributed by atoms with Crippen LogP contribution < -0.4 is 5.32 Å². The molecule has 2 aliphatic rings. The zero-order chi connectivity index (χ0) is 65.9. The van der Waals surface area contributed by atoms with Crippen LogP contribution in [0.2, 0.25) is 0 Å². The van der Waals surface area contributed by atoms with Gasteiger partial charge in [0.15, 0.2) is 12.6 Å². The van der Waals surface area contributed by atoms with E-state index in [0.29, 0.717) is 12.8 Å². The zero-order valence-corrected chi connectivity index (χ0v) is 56.0. The van der Waals surface area contributed by atoms with Gasteiger partial charge < -0.3 is 65.1 Å². The van der Waals surface area contributed by atoms with Gasteiger partial charge in [0.05, 0.1) is 32.0 Å². The summed E-state index contributed by atoms with van der Waals surface area (Å²) in [5.74, 6) is -0.265. The number of ether oxygens (including phenoxy) is 4. The largest absolute Gasteiger partial charge is 0.394 e. The number of carbonyl (C=O) groups excluding carboxylic acids is 1. The molecule has 0 aliphatic carbocycles. The maximum atomic E-state index is 13.3. The Balaban J connectivity index is 1.63. The molecule has 0 saturated carbocycles. The third kappa shape index (κ3) is 43.3. The van der Waals surface area contributed by atoms with Gasteiger partial charge in [0.2, 0.25) is 5.91 Å². The third-order valence-corrected chi connectivity index (χ3v) is 15.9. The molecule has 0 aromatic heterocycles. The molecule has 91 heavy (non-hydrogen) atoms. The van der Waals surface area contributed by atoms with E-state index >= 15 is 0 Å². The van der Waals surface area contributed by atoms with Crippen molar-refractivity contribution in [2.45, 2.75) is 299 Å². The van der Waals surface area contributed by atoms with Crippen LogP contribution >= 0.6 is 0 Å². The number of aliphatic hydroxyl groups is 8. The van der Waals surface area contributed by atoms with Gasteiger partial charge in [-0.05, 0) is 122 Å². The number of hydrogen-bond acceptors (Lipinski definition) is 13. The summed E-state index contributed by atoms with van der Waals surface area (Å²) in [5, 5.41) is 87.3. The highest BCUT2D eigenvalue weighted by atomic mass is 16.7. The minimum atomic E-state index is -1.80. The molecule has 14 heteroatoms. The number of amides is 1. The third-order valence-electron chi connectivity index (χ3n) is 15.9. The smallest absolute Gasteiger partial charge is 0.220 e. The molecular weight excluding hydrogens is 1150 g/mol. The lowest BCUT2D eigenvalue weighted by Gasteiger charge is -2.46. The molecule has 14 nitrogen and oxygen atoms in total. The Morgan fingerprint density at radius 2 is 0.769 bits per heavy atom. The van der Waals surface area contributed by atoms with E-state index in [0.717, 1.165) is 116 Å². The van der Waals surface area contributed by atoms with Gasteiger partial charge in [-0.15, -0.1) is 0 Å². The Bertz CT molecular complexity index is 2140. The second-order valence-electron chi connectivity index (χ2n) is 23.9. The molecule has 2 fully saturated rings. The van der Waals surface area contributed by atoms with Crippen LogP contribution in [-0.2, 0) is 23.7 Å². The normalized spacial score (nSPS) is 23.8. The van der Waals surface area contributed by atoms with Crippen LogP contribution in [0.1, 0.15) is 226 Å². The number of carbonyl (C=O) groups is 1. The highest BCUT2D eigenvalue weighted by Gasteiger charge is 2.51. The van der Waals surface area contributed by atoms with Crippen LogP contribution in [0.25, 0.3) is 0 Å². The van der Waals surface area contributed by atoms with Crippen molar-refractivity contribution in [3.8, 4) is 0 Å². The lowest BCUT2D eigenvalue weighted by molar-refractivity contribution is -0.359. The summed E-state index contributed by atoms with van der Waals surface area (Å²) < 4.78 is 22.8. The summed E-state index contributed by atoms with van der Waals surface area (Å²) in [7, 11) is 0. The average Bonchev–Trinajstić information content (AvgIpc) is 1.24. The first-order valence-electron chi connectivity index (χ1n) is 35.2. The van der Waals surface area contributed by atoms with Gasteiger partial charge in [-0.1, -0.05) is 255 Å². The molecule has 0 aromatic rings. The summed E-state index contributed by atoms with van der Waals surface area (Å²) in [4.78, 5) is 13.3. The fraction of sp³-hybridized carbons (Fsp3) is 0.649. The zero-order valence-electron chi connectivity index (χ0n) is 56.0. The summed E-state index contributed by atoms with van der Waals surface area (Å²) in [6.45, 7) is 2.63. The minimum absolute atomic E-state index is 0.255. The van der Waals surface area contributed by atoms with E-state index in [1.807, 2.05) is 6.08 Å². The van der Waals surface area contributed by atoms with Gasteiger partial charge in [-0.3, -0.25) is 4.79 Å². The maximum absolute atomic E-state index is 13.3. The van der Waals surface area contributed by atoms with Crippen molar-refractivity contribution in [1.82, 2.24) is 5.32 Å². The van der Waals surface area contributed by atoms with Crippen molar-refractivity contribution in [2.24, 2.45) is 0 Å². The van der Waals surface area contributed by atoms with Gasteiger partial charge in [0.1, 0.15) is 48.8 Å². The fourth-order valence-electron chi connectivity index (χ4n) is 10.4. The Morgan fingerprint density at radius 3 is 1.21 bits per heavy atom. The summed E-state index contributed by atoms with van der Waals surface area (Å²) >= 11 is 0. The Labute approximate surface area is 550 Å². The molecule has 2 rings (SSSR count). The average molecular weight is 1270 g/mol. The molecule has 9 N–H and O–H groups in total. The van der Waals surface area contributed by atoms with E-state index in [9.17, 15) is 45.6 Å². The lowest BCUT2D eigenvalue weighted by atomic mass is 9.97. The second kappa shape index (κ2) is 59.4. The number of nitrogens with one attached hydrogen (secondary N) is 1. The summed E-state index contributed by atoms with van der Waals surface area (Å²) in [6.07, 6.45) is 74.4. The monoisotopic (exact) mass is 1270 g/mol. The highest BCUT2D eigenvalue weighted by molar-refractivity contribution is 5.76. The standard InChI is InChI=1S/C77H125NO13/c1-3-5-7-9-11-13-15-17-19-21-22-23-24-25-26-27-28-29-30-31-32-33-34-35-36-37-38-39-40-41-42-43-44-45-47-49-51-53-55-57-59-61-69(82)78-65(66(81)60-58-56-54-52-50-48-46-20-18-16-14-12-10-8-6-4-2)64-88-76-74(87)72(85)75(68(63-80)90-76)91-77-73(86)71(84)70(83)67(62-79)89-77/h5,7,11,13,17-20,22-23,25-26,28-29,31-32,34-35,37-38,40-41,50,52,58,60,65-68,70-77,79-81,83-87H,3-4,6,8-10,12,14-16,21,24,27,30,33,36,39,42-49,51,53-57,59,61-64H2,1-2H3,(H,78,82)/b7-5-,13-11-,19-17-,20-18+,23-22-,26-25-,29-28-,32-31-,35-34-,38-37-,41-40-,52-50+,60-58+.